The normalized spacial score (nSPS) is 29.4. The lowest BCUT2D eigenvalue weighted by Crippen LogP contribution is -2.44. The van der Waals surface area contributed by atoms with Crippen LogP contribution in [0.3, 0.4) is 0 Å². The van der Waals surface area contributed by atoms with Gasteiger partial charge in [-0.05, 0) is 51.0 Å². The number of carbonyl (C=O) groups excluding carboxylic acids is 1. The third-order valence-corrected chi connectivity index (χ3v) is 8.95. The Kier molecular flexibility index (Phi) is 6.30. The zero-order chi connectivity index (χ0) is 26.8. The largest absolute Gasteiger partial charge is 0.381 e. The molecule has 4 fully saturated rings. The second-order valence-corrected chi connectivity index (χ2v) is 11.5. The summed E-state index contributed by atoms with van der Waals surface area (Å²) in [5.41, 5.74) is -0.646. The number of hydrogen-bond acceptors (Lipinski definition) is 5. The van der Waals surface area contributed by atoms with Gasteiger partial charge in [0.05, 0.1) is 35.0 Å². The highest BCUT2D eigenvalue weighted by Crippen LogP contribution is 2.49. The first kappa shape index (κ1) is 25.4. The third-order valence-electron chi connectivity index (χ3n) is 8.95. The molecule has 0 bridgehead atoms. The number of ether oxygens (including phenoxy) is 1. The number of hydrogen-bond donors (Lipinski definition) is 2. The van der Waals surface area contributed by atoms with Crippen LogP contribution in [-0.4, -0.2) is 54.8 Å². The smallest absolute Gasteiger partial charge is 0.266 e. The number of likely N-dealkylation sites (tertiary alicyclic amines) is 1. The van der Waals surface area contributed by atoms with Crippen LogP contribution in [0.5, 0.6) is 0 Å². The Morgan fingerprint density at radius 1 is 1.18 bits per heavy atom. The third kappa shape index (κ3) is 4.31. The van der Waals surface area contributed by atoms with Crippen LogP contribution in [0.1, 0.15) is 60.1 Å². The van der Waals surface area contributed by atoms with Crippen molar-refractivity contribution in [2.45, 2.75) is 50.2 Å². The summed E-state index contributed by atoms with van der Waals surface area (Å²) < 4.78 is 48.7. The van der Waals surface area contributed by atoms with Crippen molar-refractivity contribution in [2.75, 3.05) is 38.7 Å². The minimum Gasteiger partial charge on any atom is -0.381 e. The van der Waals surface area contributed by atoms with E-state index in [1.165, 1.54) is 18.2 Å². The molecule has 4 aliphatic rings. The van der Waals surface area contributed by atoms with Crippen LogP contribution >= 0.6 is 0 Å². The van der Waals surface area contributed by atoms with Gasteiger partial charge in [-0.2, -0.15) is 0 Å². The lowest BCUT2D eigenvalue weighted by Gasteiger charge is -2.31. The molecule has 1 unspecified atom stereocenters. The Hall–Kier alpha value is -2.85. The van der Waals surface area contributed by atoms with E-state index in [-0.39, 0.29) is 22.7 Å². The highest BCUT2D eigenvalue weighted by molar-refractivity contribution is 5.99. The minimum atomic E-state index is -2.96. The SMILES string of the molecule is C[C@@H](NC(=O)c1cn(C2(C3CC3)CCOC2)c(=O)cc1N[C@@H]1[C@@H]2CN(C)C[C@@H]21)c1cccc(C(F)F)c1F. The molecule has 3 heterocycles. The monoisotopic (exact) mass is 530 g/mol. The van der Waals surface area contributed by atoms with E-state index in [0.29, 0.717) is 43.1 Å². The Bertz CT molecular complexity index is 1290. The van der Waals surface area contributed by atoms with Gasteiger partial charge in [0.15, 0.2) is 0 Å². The summed E-state index contributed by atoms with van der Waals surface area (Å²) in [5.74, 6) is -0.275. The van der Waals surface area contributed by atoms with E-state index in [1.807, 2.05) is 0 Å². The van der Waals surface area contributed by atoms with Crippen molar-refractivity contribution in [1.82, 2.24) is 14.8 Å². The second-order valence-electron chi connectivity index (χ2n) is 11.5. The van der Waals surface area contributed by atoms with E-state index in [0.717, 1.165) is 32.0 Å². The average molecular weight is 531 g/mol. The summed E-state index contributed by atoms with van der Waals surface area (Å²) in [5, 5.41) is 6.23. The van der Waals surface area contributed by atoms with E-state index in [1.54, 1.807) is 17.7 Å². The highest BCUT2D eigenvalue weighted by atomic mass is 19.3. The van der Waals surface area contributed by atoms with Crippen LogP contribution in [-0.2, 0) is 10.3 Å². The average Bonchev–Trinajstić information content (AvgIpc) is 3.72. The van der Waals surface area contributed by atoms with Gasteiger partial charge in [-0.3, -0.25) is 9.59 Å². The number of carbonyl (C=O) groups is 1. The van der Waals surface area contributed by atoms with Crippen LogP contribution in [0.15, 0.2) is 35.3 Å². The predicted molar refractivity (Wildman–Crippen MR) is 136 cm³/mol. The van der Waals surface area contributed by atoms with Gasteiger partial charge >= 0.3 is 0 Å². The van der Waals surface area contributed by atoms with Gasteiger partial charge in [0.1, 0.15) is 5.82 Å². The molecule has 6 rings (SSSR count). The number of alkyl halides is 2. The molecule has 1 amide bonds. The number of rotatable bonds is 8. The van der Waals surface area contributed by atoms with Crippen LogP contribution < -0.4 is 16.2 Å². The highest BCUT2D eigenvalue weighted by Gasteiger charge is 2.55. The fourth-order valence-electron chi connectivity index (χ4n) is 6.64. The fraction of sp³-hybridized carbons (Fsp3) is 0.571. The Morgan fingerprint density at radius 3 is 2.53 bits per heavy atom. The zero-order valence-corrected chi connectivity index (χ0v) is 21.6. The molecule has 2 aromatic rings. The van der Waals surface area contributed by atoms with Gasteiger partial charge in [0.2, 0.25) is 0 Å². The van der Waals surface area contributed by atoms with E-state index >= 15 is 0 Å². The fourth-order valence-corrected chi connectivity index (χ4v) is 6.64. The van der Waals surface area contributed by atoms with Gasteiger partial charge in [-0.25, -0.2) is 13.2 Å². The summed E-state index contributed by atoms with van der Waals surface area (Å²) in [6, 6.07) is 4.61. The van der Waals surface area contributed by atoms with Gasteiger partial charge in [-0.1, -0.05) is 18.2 Å². The van der Waals surface area contributed by atoms with Crippen molar-refractivity contribution in [2.24, 2.45) is 17.8 Å². The molecule has 2 aliphatic heterocycles. The van der Waals surface area contributed by atoms with Crippen LogP contribution in [0.2, 0.25) is 0 Å². The molecular weight excluding hydrogens is 497 g/mol. The molecule has 2 saturated carbocycles. The molecule has 2 aliphatic carbocycles. The maximum Gasteiger partial charge on any atom is 0.266 e. The maximum atomic E-state index is 14.8. The van der Waals surface area contributed by atoms with Crippen molar-refractivity contribution in [3.63, 3.8) is 0 Å². The predicted octanol–water partition coefficient (Wildman–Crippen LogP) is 3.91. The molecule has 5 atom stereocenters. The number of piperidine rings is 1. The molecule has 1 aromatic heterocycles. The van der Waals surface area contributed by atoms with Crippen molar-refractivity contribution in [3.05, 3.63) is 63.3 Å². The molecule has 0 spiro atoms. The zero-order valence-electron chi connectivity index (χ0n) is 21.6. The number of fused-ring (bicyclic) bond motifs is 1. The number of amides is 1. The quantitative estimate of drug-likeness (QED) is 0.542. The molecule has 38 heavy (non-hydrogen) atoms. The second kappa shape index (κ2) is 9.41. The molecule has 2 saturated heterocycles. The summed E-state index contributed by atoms with van der Waals surface area (Å²) in [4.78, 5) is 29.4. The lowest BCUT2D eigenvalue weighted by atomic mass is 9.91. The lowest BCUT2D eigenvalue weighted by molar-refractivity contribution is 0.0937. The Balaban J connectivity index is 1.33. The van der Waals surface area contributed by atoms with E-state index in [4.69, 9.17) is 4.74 Å². The maximum absolute atomic E-state index is 14.8. The van der Waals surface area contributed by atoms with Crippen molar-refractivity contribution >= 4 is 11.6 Å². The first-order valence-electron chi connectivity index (χ1n) is 13.4. The topological polar surface area (TPSA) is 75.6 Å². The van der Waals surface area contributed by atoms with Gasteiger partial charge in [0, 0.05) is 43.6 Å². The van der Waals surface area contributed by atoms with Crippen molar-refractivity contribution in [1.29, 1.82) is 0 Å². The van der Waals surface area contributed by atoms with Crippen molar-refractivity contribution in [3.8, 4) is 0 Å². The van der Waals surface area contributed by atoms with Gasteiger partial charge < -0.3 is 24.8 Å². The first-order chi connectivity index (χ1) is 18.2. The van der Waals surface area contributed by atoms with Crippen LogP contribution in [0.25, 0.3) is 0 Å². The number of aromatic nitrogens is 1. The number of nitrogens with zero attached hydrogens (tertiary/aromatic N) is 2. The number of halogens is 3. The standard InChI is InChI=1S/C28H33F3N4O3/c1-15(17-4-3-5-18(24(17)29)26(30)31)32-27(37)21-13-35(28(16-6-7-16)8-9-38-14-28)23(36)10-22(21)33-25-19-11-34(2)12-20(19)25/h3-5,10,13,15-16,19-20,25-26,33H,6-9,11-12,14H2,1-2H3,(H,32,37)/t15-,19-,20+,25-,28?/m1/s1. The van der Waals surface area contributed by atoms with Crippen LogP contribution in [0.4, 0.5) is 18.9 Å². The first-order valence-corrected chi connectivity index (χ1v) is 13.4. The number of nitrogens with one attached hydrogen (secondary N) is 2. The molecule has 7 nitrogen and oxygen atoms in total. The number of anilines is 1. The van der Waals surface area contributed by atoms with E-state index in [9.17, 15) is 22.8 Å². The molecule has 204 valence electrons. The van der Waals surface area contributed by atoms with Crippen molar-refractivity contribution < 1.29 is 22.7 Å². The van der Waals surface area contributed by atoms with E-state index < -0.39 is 35.3 Å². The van der Waals surface area contributed by atoms with Gasteiger partial charge in [-0.15, -0.1) is 0 Å². The molecule has 2 N–H and O–H groups in total. The van der Waals surface area contributed by atoms with Crippen LogP contribution in [0, 0.1) is 23.6 Å². The summed E-state index contributed by atoms with van der Waals surface area (Å²) >= 11 is 0. The summed E-state index contributed by atoms with van der Waals surface area (Å²) in [6.07, 6.45) is 1.38. The summed E-state index contributed by atoms with van der Waals surface area (Å²) in [7, 11) is 2.08. The Labute approximate surface area is 219 Å². The minimum absolute atomic E-state index is 0.0163. The van der Waals surface area contributed by atoms with Gasteiger partial charge in [0.25, 0.3) is 17.9 Å². The molecule has 10 heteroatoms. The molecule has 0 radical (unpaired) electrons. The molecule has 1 aromatic carbocycles. The summed E-state index contributed by atoms with van der Waals surface area (Å²) in [6.45, 7) is 4.46. The Morgan fingerprint density at radius 2 is 1.89 bits per heavy atom. The number of benzene rings is 1. The van der Waals surface area contributed by atoms with E-state index in [2.05, 4.69) is 22.6 Å². The number of pyridine rings is 1. The molecular formula is C28H33F3N4O3.